The van der Waals surface area contributed by atoms with E-state index >= 15 is 0 Å². The summed E-state index contributed by atoms with van der Waals surface area (Å²) in [6.07, 6.45) is -3.61. The van der Waals surface area contributed by atoms with Gasteiger partial charge in [-0.1, -0.05) is 20.8 Å². The van der Waals surface area contributed by atoms with E-state index in [0.717, 1.165) is 0 Å². The van der Waals surface area contributed by atoms with Crippen LogP contribution < -0.4 is 0 Å². The summed E-state index contributed by atoms with van der Waals surface area (Å²) >= 11 is 0. The molecule has 0 aliphatic rings. The highest BCUT2D eigenvalue weighted by Crippen LogP contribution is 2.29. The lowest BCUT2D eigenvalue weighted by atomic mass is 10.2. The summed E-state index contributed by atoms with van der Waals surface area (Å²) in [4.78, 5) is 3.37. The second-order valence-corrected chi connectivity index (χ2v) is 2.50. The van der Waals surface area contributed by atoms with Crippen molar-refractivity contribution < 1.29 is 17.6 Å². The Morgan fingerprint density at radius 3 is 2.13 bits per heavy atom. The fourth-order valence-electron chi connectivity index (χ4n) is 0.881. The topological polar surface area (TPSA) is 12.9 Å². The van der Waals surface area contributed by atoms with Gasteiger partial charge in [-0.05, 0) is 12.5 Å². The number of nitrogens with zero attached hydrogens (tertiary/aromatic N) is 1. The SMILES string of the molecule is CC.CCc1ncc(C(F)(F)F)cc1F. The van der Waals surface area contributed by atoms with Crippen LogP contribution in [0.4, 0.5) is 17.6 Å². The Morgan fingerprint density at radius 2 is 1.80 bits per heavy atom. The quantitative estimate of drug-likeness (QED) is 0.659. The Labute approximate surface area is 86.1 Å². The molecule has 0 aliphatic carbocycles. The van der Waals surface area contributed by atoms with Crippen molar-refractivity contribution in [3.05, 3.63) is 29.3 Å². The zero-order chi connectivity index (χ0) is 12.1. The van der Waals surface area contributed by atoms with E-state index in [1.165, 1.54) is 0 Å². The van der Waals surface area contributed by atoms with Gasteiger partial charge >= 0.3 is 6.18 Å². The maximum absolute atomic E-state index is 12.8. The predicted molar refractivity (Wildman–Crippen MR) is 49.9 cm³/mol. The summed E-state index contributed by atoms with van der Waals surface area (Å²) in [6.45, 7) is 5.62. The molecule has 1 aromatic rings. The second-order valence-electron chi connectivity index (χ2n) is 2.50. The van der Waals surface area contributed by atoms with Gasteiger partial charge in [0.05, 0.1) is 11.3 Å². The van der Waals surface area contributed by atoms with Crippen molar-refractivity contribution in [1.29, 1.82) is 0 Å². The maximum atomic E-state index is 12.8. The predicted octanol–water partition coefficient (Wildman–Crippen LogP) is 3.83. The molecule has 0 spiro atoms. The van der Waals surface area contributed by atoms with Gasteiger partial charge in [0.15, 0.2) is 0 Å². The average molecular weight is 223 g/mol. The molecule has 86 valence electrons. The van der Waals surface area contributed by atoms with Crippen molar-refractivity contribution in [1.82, 2.24) is 4.98 Å². The molecule has 0 N–H and O–H groups in total. The van der Waals surface area contributed by atoms with Crippen LogP contribution in [0.5, 0.6) is 0 Å². The molecule has 0 atom stereocenters. The van der Waals surface area contributed by atoms with Gasteiger partial charge in [0.2, 0.25) is 0 Å². The molecule has 1 heterocycles. The van der Waals surface area contributed by atoms with Gasteiger partial charge in [0.1, 0.15) is 5.82 Å². The van der Waals surface area contributed by atoms with E-state index in [0.29, 0.717) is 12.3 Å². The number of pyridine rings is 1. The lowest BCUT2D eigenvalue weighted by Gasteiger charge is -2.06. The Hall–Kier alpha value is -1.13. The molecule has 5 heteroatoms. The largest absolute Gasteiger partial charge is 0.417 e. The Bertz CT molecular complexity index is 307. The van der Waals surface area contributed by atoms with E-state index in [2.05, 4.69) is 4.98 Å². The fraction of sp³-hybridized carbons (Fsp3) is 0.500. The van der Waals surface area contributed by atoms with Gasteiger partial charge in [-0.15, -0.1) is 0 Å². The summed E-state index contributed by atoms with van der Waals surface area (Å²) in [5.41, 5.74) is -1.00. The normalized spacial score (nSPS) is 10.6. The van der Waals surface area contributed by atoms with Crippen LogP contribution >= 0.6 is 0 Å². The summed E-state index contributed by atoms with van der Waals surface area (Å²) in [7, 11) is 0. The number of hydrogen-bond acceptors (Lipinski definition) is 1. The number of halogens is 4. The summed E-state index contributed by atoms with van der Waals surface area (Å²) in [6, 6.07) is 0.464. The summed E-state index contributed by atoms with van der Waals surface area (Å²) in [5, 5.41) is 0. The summed E-state index contributed by atoms with van der Waals surface area (Å²) < 4.78 is 48.8. The monoisotopic (exact) mass is 223 g/mol. The van der Waals surface area contributed by atoms with Crippen molar-refractivity contribution in [2.45, 2.75) is 33.4 Å². The van der Waals surface area contributed by atoms with Gasteiger partial charge in [0, 0.05) is 6.20 Å². The zero-order valence-corrected chi connectivity index (χ0v) is 8.82. The third kappa shape index (κ3) is 3.85. The minimum Gasteiger partial charge on any atom is -0.258 e. The van der Waals surface area contributed by atoms with Crippen LogP contribution in [0.25, 0.3) is 0 Å². The minimum absolute atomic E-state index is 0.0491. The molecule has 0 saturated heterocycles. The molecule has 1 aromatic heterocycles. The molecule has 0 fully saturated rings. The van der Waals surface area contributed by atoms with Gasteiger partial charge in [-0.25, -0.2) is 4.39 Å². The van der Waals surface area contributed by atoms with Gasteiger partial charge in [0.25, 0.3) is 0 Å². The third-order valence-corrected chi connectivity index (χ3v) is 1.58. The number of alkyl halides is 3. The Kier molecular flexibility index (Phi) is 5.25. The van der Waals surface area contributed by atoms with Crippen LogP contribution in [-0.4, -0.2) is 4.98 Å². The van der Waals surface area contributed by atoms with Crippen LogP contribution in [0.1, 0.15) is 32.0 Å². The molecule has 15 heavy (non-hydrogen) atoms. The highest BCUT2D eigenvalue weighted by atomic mass is 19.4. The average Bonchev–Trinajstić information content (AvgIpc) is 2.19. The van der Waals surface area contributed by atoms with Crippen LogP contribution in [-0.2, 0) is 12.6 Å². The molecular formula is C10H13F4N. The van der Waals surface area contributed by atoms with Gasteiger partial charge in [-0.2, -0.15) is 13.2 Å². The van der Waals surface area contributed by atoms with E-state index in [4.69, 9.17) is 0 Å². The summed E-state index contributed by atoms with van der Waals surface area (Å²) in [5.74, 6) is -0.905. The van der Waals surface area contributed by atoms with E-state index in [-0.39, 0.29) is 12.1 Å². The molecule has 0 saturated carbocycles. The van der Waals surface area contributed by atoms with Gasteiger partial charge in [-0.3, -0.25) is 4.98 Å². The first-order valence-corrected chi connectivity index (χ1v) is 4.66. The molecule has 0 amide bonds. The third-order valence-electron chi connectivity index (χ3n) is 1.58. The second kappa shape index (κ2) is 5.68. The standard InChI is InChI=1S/C8H7F4N.C2H6/c1-2-7-6(9)3-5(4-13-7)8(10,11)12;1-2/h3-4H,2H2,1H3;1-2H3. The van der Waals surface area contributed by atoms with Crippen molar-refractivity contribution in [2.75, 3.05) is 0 Å². The highest BCUT2D eigenvalue weighted by Gasteiger charge is 2.31. The molecule has 0 unspecified atom stereocenters. The Balaban J connectivity index is 0.000000921. The molecule has 1 nitrogen and oxygen atoms in total. The first-order chi connectivity index (χ1) is 6.95. The minimum atomic E-state index is -4.53. The molecule has 0 aromatic carbocycles. The number of aromatic nitrogens is 1. The maximum Gasteiger partial charge on any atom is 0.417 e. The van der Waals surface area contributed by atoms with Crippen molar-refractivity contribution in [2.24, 2.45) is 0 Å². The Morgan fingerprint density at radius 1 is 1.27 bits per heavy atom. The van der Waals surface area contributed by atoms with Crippen LogP contribution in [0.3, 0.4) is 0 Å². The fourth-order valence-corrected chi connectivity index (χ4v) is 0.881. The van der Waals surface area contributed by atoms with Crippen LogP contribution in [0, 0.1) is 5.82 Å². The molecule has 1 rings (SSSR count). The van der Waals surface area contributed by atoms with E-state index < -0.39 is 17.6 Å². The van der Waals surface area contributed by atoms with Gasteiger partial charge < -0.3 is 0 Å². The lowest BCUT2D eigenvalue weighted by Crippen LogP contribution is -2.07. The molecule has 0 aliphatic heterocycles. The lowest BCUT2D eigenvalue weighted by molar-refractivity contribution is -0.138. The van der Waals surface area contributed by atoms with E-state index in [1.807, 2.05) is 13.8 Å². The number of aryl methyl sites for hydroxylation is 1. The zero-order valence-electron chi connectivity index (χ0n) is 8.82. The van der Waals surface area contributed by atoms with Crippen molar-refractivity contribution in [3.8, 4) is 0 Å². The highest BCUT2D eigenvalue weighted by molar-refractivity contribution is 5.18. The molecule has 0 bridgehead atoms. The van der Waals surface area contributed by atoms with E-state index in [1.54, 1.807) is 6.92 Å². The van der Waals surface area contributed by atoms with Crippen LogP contribution in [0.15, 0.2) is 12.3 Å². The first-order valence-electron chi connectivity index (χ1n) is 4.66. The number of hydrogen-bond donors (Lipinski definition) is 0. The molecule has 0 radical (unpaired) electrons. The van der Waals surface area contributed by atoms with Crippen molar-refractivity contribution >= 4 is 0 Å². The molecular weight excluding hydrogens is 210 g/mol. The van der Waals surface area contributed by atoms with Crippen molar-refractivity contribution in [3.63, 3.8) is 0 Å². The first kappa shape index (κ1) is 13.9. The number of rotatable bonds is 1. The smallest absolute Gasteiger partial charge is 0.258 e. The van der Waals surface area contributed by atoms with E-state index in [9.17, 15) is 17.6 Å². The van der Waals surface area contributed by atoms with Crippen LogP contribution in [0.2, 0.25) is 0 Å².